The van der Waals surface area contributed by atoms with Gasteiger partial charge in [-0.3, -0.25) is 9.59 Å². The zero-order valence-electron chi connectivity index (χ0n) is 34.1. The number of thioether (sulfide) groups is 1. The molecule has 3 atom stereocenters. The summed E-state index contributed by atoms with van der Waals surface area (Å²) in [5.41, 5.74) is 19.3. The third-order valence-corrected chi connectivity index (χ3v) is 9.97. The van der Waals surface area contributed by atoms with E-state index in [4.69, 9.17) is 47.4 Å². The average Bonchev–Trinajstić information content (AvgIpc) is 3.72. The summed E-state index contributed by atoms with van der Waals surface area (Å²) >= 11 is 7.20. The molecule has 0 aliphatic carbocycles. The number of nitrogen functional groups attached to an aromatic ring is 1. The van der Waals surface area contributed by atoms with Crippen molar-refractivity contribution < 1.29 is 37.8 Å². The fraction of sp³-hybridized carbons (Fsp3) is 0.381. The minimum absolute atomic E-state index is 0.00548. The topological polar surface area (TPSA) is 285 Å². The molecule has 8 N–H and O–H groups in total. The Kier molecular flexibility index (Phi) is 17.9. The van der Waals surface area contributed by atoms with Crippen molar-refractivity contribution in [2.75, 3.05) is 32.0 Å². The molecule has 2 amide bonds. The SMILES string of the molecule is CC(C)CC(NC(=O)CN)C(=O)OC[C@H](COc1ccc(-c2c(C#N)c(N)nc(SCc3coc(-c4ccc(Cl)cc4)n3)c2C#N)cc1)OC(=O)C(CC(C)C)NC(=O)CN. The number of rotatable bonds is 21. The molecule has 2 aromatic heterocycles. The van der Waals surface area contributed by atoms with Gasteiger partial charge in [-0.15, -0.1) is 0 Å². The van der Waals surface area contributed by atoms with E-state index in [1.54, 1.807) is 48.5 Å². The molecule has 0 saturated carbocycles. The van der Waals surface area contributed by atoms with E-state index >= 15 is 0 Å². The van der Waals surface area contributed by atoms with E-state index in [0.29, 0.717) is 22.2 Å². The number of anilines is 1. The van der Waals surface area contributed by atoms with Crippen molar-refractivity contribution in [3.05, 3.63) is 76.6 Å². The Morgan fingerprint density at radius 1 is 0.820 bits per heavy atom. The number of aromatic nitrogens is 2. The molecular formula is C42H48ClN9O8S. The van der Waals surface area contributed by atoms with Crippen molar-refractivity contribution in [1.29, 1.82) is 10.5 Å². The van der Waals surface area contributed by atoms with Crippen LogP contribution in [0.2, 0.25) is 5.02 Å². The molecule has 0 fully saturated rings. The van der Waals surface area contributed by atoms with Crippen LogP contribution in [0, 0.1) is 34.5 Å². The Morgan fingerprint density at radius 3 is 1.95 bits per heavy atom. The number of carbonyl (C=O) groups is 4. The van der Waals surface area contributed by atoms with Crippen LogP contribution in [0.4, 0.5) is 5.82 Å². The second-order valence-corrected chi connectivity index (χ2v) is 15.9. The lowest BCUT2D eigenvalue weighted by Crippen LogP contribution is -2.48. The molecule has 322 valence electrons. The summed E-state index contributed by atoms with van der Waals surface area (Å²) in [6.07, 6.45) is 0.826. The van der Waals surface area contributed by atoms with Gasteiger partial charge in [0.1, 0.15) is 65.9 Å². The Morgan fingerprint density at radius 2 is 1.39 bits per heavy atom. The van der Waals surface area contributed by atoms with E-state index in [1.165, 1.54) is 18.0 Å². The van der Waals surface area contributed by atoms with Gasteiger partial charge in [0.15, 0.2) is 6.10 Å². The molecule has 2 aromatic carbocycles. The summed E-state index contributed by atoms with van der Waals surface area (Å²) in [5, 5.41) is 26.4. The van der Waals surface area contributed by atoms with Crippen LogP contribution in [-0.4, -0.2) is 78.2 Å². The third-order valence-electron chi connectivity index (χ3n) is 8.71. The van der Waals surface area contributed by atoms with Crippen LogP contribution in [0.25, 0.3) is 22.6 Å². The molecule has 4 rings (SSSR count). The minimum atomic E-state index is -1.17. The number of amides is 2. The number of oxazole rings is 1. The summed E-state index contributed by atoms with van der Waals surface area (Å²) in [7, 11) is 0. The van der Waals surface area contributed by atoms with Crippen LogP contribution in [0.3, 0.4) is 0 Å². The first-order chi connectivity index (χ1) is 29.1. The van der Waals surface area contributed by atoms with Crippen LogP contribution in [0.15, 0.2) is 64.2 Å². The Balaban J connectivity index is 1.55. The normalized spacial score (nSPS) is 12.4. The zero-order chi connectivity index (χ0) is 44.6. The quantitative estimate of drug-likeness (QED) is 0.0569. The predicted molar refractivity (Wildman–Crippen MR) is 227 cm³/mol. The van der Waals surface area contributed by atoms with Crippen LogP contribution < -0.4 is 32.6 Å². The van der Waals surface area contributed by atoms with Crippen LogP contribution in [0.5, 0.6) is 5.75 Å². The first-order valence-corrected chi connectivity index (χ1v) is 20.6. The van der Waals surface area contributed by atoms with Crippen LogP contribution >= 0.6 is 23.4 Å². The van der Waals surface area contributed by atoms with E-state index < -0.39 is 48.5 Å². The summed E-state index contributed by atoms with van der Waals surface area (Å²) in [5.74, 6) is -1.80. The number of nitrogens with one attached hydrogen (secondary N) is 2. The highest BCUT2D eigenvalue weighted by atomic mass is 35.5. The second-order valence-electron chi connectivity index (χ2n) is 14.5. The number of nitrogens with two attached hydrogens (primary N) is 3. The smallest absolute Gasteiger partial charge is 0.329 e. The number of benzene rings is 2. The Bertz CT molecular complexity index is 2240. The van der Waals surface area contributed by atoms with E-state index in [9.17, 15) is 29.7 Å². The number of nitriles is 2. The lowest BCUT2D eigenvalue weighted by molar-refractivity contribution is -0.164. The van der Waals surface area contributed by atoms with Gasteiger partial charge >= 0.3 is 11.9 Å². The molecule has 2 unspecified atom stereocenters. The zero-order valence-corrected chi connectivity index (χ0v) is 35.7. The molecule has 0 aliphatic heterocycles. The van der Waals surface area contributed by atoms with Gasteiger partial charge in [0, 0.05) is 21.9 Å². The van der Waals surface area contributed by atoms with E-state index in [-0.39, 0.29) is 83.4 Å². The van der Waals surface area contributed by atoms with Crippen LogP contribution in [-0.2, 0) is 34.4 Å². The summed E-state index contributed by atoms with van der Waals surface area (Å²) in [4.78, 5) is 59.7. The lowest BCUT2D eigenvalue weighted by atomic mass is 9.97. The van der Waals surface area contributed by atoms with E-state index in [1.807, 2.05) is 27.7 Å². The van der Waals surface area contributed by atoms with Crippen molar-refractivity contribution in [3.8, 4) is 40.5 Å². The number of hydrogen-bond acceptors (Lipinski definition) is 16. The number of ether oxygens (including phenoxy) is 3. The number of hydrogen-bond donors (Lipinski definition) is 5. The van der Waals surface area contributed by atoms with Crippen molar-refractivity contribution in [2.45, 2.75) is 69.5 Å². The number of halogens is 1. The van der Waals surface area contributed by atoms with Gasteiger partial charge in [-0.25, -0.2) is 19.6 Å². The molecule has 0 radical (unpaired) electrons. The largest absolute Gasteiger partial charge is 0.490 e. The first kappa shape index (κ1) is 47.5. The van der Waals surface area contributed by atoms with Gasteiger partial charge in [0.2, 0.25) is 17.7 Å². The molecule has 0 bridgehead atoms. The average molecular weight is 874 g/mol. The lowest BCUT2D eigenvalue weighted by Gasteiger charge is -2.25. The van der Waals surface area contributed by atoms with Gasteiger partial charge in [0.05, 0.1) is 24.3 Å². The number of pyridine rings is 1. The number of carbonyl (C=O) groups excluding carboxylic acids is 4. The Hall–Kier alpha value is -6.18. The first-order valence-electron chi connectivity index (χ1n) is 19.2. The molecule has 4 aromatic rings. The highest BCUT2D eigenvalue weighted by Gasteiger charge is 2.29. The Labute approximate surface area is 362 Å². The fourth-order valence-electron chi connectivity index (χ4n) is 5.85. The molecule has 61 heavy (non-hydrogen) atoms. The van der Waals surface area contributed by atoms with Gasteiger partial charge in [-0.1, -0.05) is 63.2 Å². The minimum Gasteiger partial charge on any atom is -0.490 e. The van der Waals surface area contributed by atoms with Gasteiger partial charge < -0.3 is 46.5 Å². The third kappa shape index (κ3) is 13.9. The molecule has 17 nitrogen and oxygen atoms in total. The van der Waals surface area contributed by atoms with Crippen molar-refractivity contribution in [1.82, 2.24) is 20.6 Å². The molecule has 2 heterocycles. The molecule has 19 heteroatoms. The van der Waals surface area contributed by atoms with Gasteiger partial charge in [-0.2, -0.15) is 10.5 Å². The van der Waals surface area contributed by atoms with Gasteiger partial charge in [-0.05, 0) is 66.6 Å². The summed E-state index contributed by atoms with van der Waals surface area (Å²) in [6.45, 7) is 6.02. The maximum atomic E-state index is 13.4. The predicted octanol–water partition coefficient (Wildman–Crippen LogP) is 4.49. The van der Waals surface area contributed by atoms with E-state index in [2.05, 4.69) is 32.7 Å². The summed E-state index contributed by atoms with van der Waals surface area (Å²) in [6, 6.07) is 15.6. The second kappa shape index (κ2) is 23.0. The molecule has 0 aliphatic rings. The highest BCUT2D eigenvalue weighted by Crippen LogP contribution is 2.37. The van der Waals surface area contributed by atoms with Crippen LogP contribution in [0.1, 0.15) is 57.4 Å². The highest BCUT2D eigenvalue weighted by molar-refractivity contribution is 7.98. The van der Waals surface area contributed by atoms with Crippen molar-refractivity contribution in [3.63, 3.8) is 0 Å². The number of nitrogens with zero attached hydrogens (tertiary/aromatic N) is 4. The molecular weight excluding hydrogens is 826 g/mol. The monoisotopic (exact) mass is 873 g/mol. The standard InChI is InChI=1S/C42H48ClN9O8S/c1-23(2)13-33(50-35(53)17-46)41(55)59-21-30(60-42(56)34(14-24(3)4)51-36(54)18-47)20-57-29-11-7-25(8-12-29)37-31(15-44)38(48)52-40(32(37)16-45)61-22-28-19-58-39(49-28)26-5-9-27(43)10-6-26/h5-12,19,23-24,30,33-34H,13-14,17-18,20-22,46-47H2,1-4H3,(H2,48,52)(H,50,53)(H,51,54)/t30-,33?,34?/m0/s1. The maximum absolute atomic E-state index is 13.4. The maximum Gasteiger partial charge on any atom is 0.329 e. The molecule has 0 saturated heterocycles. The molecule has 0 spiro atoms. The van der Waals surface area contributed by atoms with Crippen molar-refractivity contribution >= 4 is 52.9 Å². The number of esters is 2. The van der Waals surface area contributed by atoms with E-state index in [0.717, 1.165) is 5.56 Å². The summed E-state index contributed by atoms with van der Waals surface area (Å²) < 4.78 is 22.9. The van der Waals surface area contributed by atoms with Crippen molar-refractivity contribution in [2.24, 2.45) is 23.3 Å². The van der Waals surface area contributed by atoms with Gasteiger partial charge in [0.25, 0.3) is 0 Å². The fourth-order valence-corrected chi connectivity index (χ4v) is 6.85.